The van der Waals surface area contributed by atoms with Gasteiger partial charge in [0.05, 0.1) is 13.2 Å². The van der Waals surface area contributed by atoms with Gasteiger partial charge in [0, 0.05) is 30.6 Å². The second kappa shape index (κ2) is 5.31. The summed E-state index contributed by atoms with van der Waals surface area (Å²) in [6.45, 7) is 15.7. The van der Waals surface area contributed by atoms with Gasteiger partial charge in [-0.15, -0.1) is 0 Å². The van der Waals surface area contributed by atoms with Crippen molar-refractivity contribution in [2.45, 2.75) is 46.0 Å². The fraction of sp³-hybridized carbons (Fsp3) is 0.684. The molecule has 116 valence electrons. The number of rotatable bonds is 2. The highest BCUT2D eigenvalue weighted by molar-refractivity contribution is 5.58. The van der Waals surface area contributed by atoms with Crippen molar-refractivity contribution in [3.8, 4) is 0 Å². The molecule has 2 heterocycles. The summed E-state index contributed by atoms with van der Waals surface area (Å²) in [7, 11) is 0. The number of hydrogen-bond donors (Lipinski definition) is 0. The molecular weight excluding hydrogens is 258 g/mol. The Morgan fingerprint density at radius 2 is 1.71 bits per heavy atom. The Hall–Kier alpha value is -1.02. The highest BCUT2D eigenvalue weighted by atomic mass is 16.5. The molecule has 2 unspecified atom stereocenters. The lowest BCUT2D eigenvalue weighted by molar-refractivity contribution is 0.177. The number of hydrogen-bond acceptors (Lipinski definition) is 2. The summed E-state index contributed by atoms with van der Waals surface area (Å²) in [6, 6.07) is 7.11. The zero-order chi connectivity index (χ0) is 15.2. The van der Waals surface area contributed by atoms with Crippen molar-refractivity contribution in [2.75, 3.05) is 31.2 Å². The summed E-state index contributed by atoms with van der Waals surface area (Å²) < 4.78 is 5.62. The molecule has 2 fully saturated rings. The van der Waals surface area contributed by atoms with E-state index in [1.807, 2.05) is 0 Å². The normalized spacial score (nSPS) is 25.7. The van der Waals surface area contributed by atoms with E-state index in [4.69, 9.17) is 4.74 Å². The largest absolute Gasteiger partial charge is 0.381 e. The van der Waals surface area contributed by atoms with Crippen LogP contribution in [-0.4, -0.2) is 26.3 Å². The summed E-state index contributed by atoms with van der Waals surface area (Å²) in [5.74, 6) is 2.05. The van der Waals surface area contributed by atoms with Crippen LogP contribution < -0.4 is 4.90 Å². The minimum absolute atomic E-state index is 0.211. The van der Waals surface area contributed by atoms with Crippen molar-refractivity contribution in [1.29, 1.82) is 0 Å². The number of benzene rings is 1. The Morgan fingerprint density at radius 1 is 1.10 bits per heavy atom. The Kier molecular flexibility index (Phi) is 3.77. The number of fused-ring (bicyclic) bond motifs is 1. The summed E-state index contributed by atoms with van der Waals surface area (Å²) in [4.78, 5) is 2.61. The van der Waals surface area contributed by atoms with Gasteiger partial charge in [-0.05, 0) is 28.5 Å². The molecule has 0 aliphatic carbocycles. The first-order valence-electron chi connectivity index (χ1n) is 8.33. The Morgan fingerprint density at radius 3 is 2.24 bits per heavy atom. The standard InChI is InChI=1S/C19H29NO/c1-13(2)17-7-6-16(19(3,4)5)8-18(17)20-9-14-11-21-12-15(14)10-20/h6-8,13-15H,9-12H2,1-5H3. The number of anilines is 1. The van der Waals surface area contributed by atoms with Gasteiger partial charge in [-0.3, -0.25) is 0 Å². The fourth-order valence-electron chi connectivity index (χ4n) is 3.66. The van der Waals surface area contributed by atoms with Gasteiger partial charge < -0.3 is 9.64 Å². The van der Waals surface area contributed by atoms with E-state index in [0.717, 1.165) is 38.1 Å². The van der Waals surface area contributed by atoms with Crippen molar-refractivity contribution in [2.24, 2.45) is 11.8 Å². The molecule has 0 aromatic heterocycles. The van der Waals surface area contributed by atoms with Gasteiger partial charge in [0.2, 0.25) is 0 Å². The molecule has 3 rings (SSSR count). The molecule has 2 aliphatic heterocycles. The number of ether oxygens (including phenoxy) is 1. The average Bonchev–Trinajstić information content (AvgIpc) is 2.97. The third kappa shape index (κ3) is 2.83. The molecule has 2 saturated heterocycles. The van der Waals surface area contributed by atoms with Crippen LogP contribution in [0.5, 0.6) is 0 Å². The maximum Gasteiger partial charge on any atom is 0.0515 e. The minimum Gasteiger partial charge on any atom is -0.381 e. The van der Waals surface area contributed by atoms with Gasteiger partial charge in [0.1, 0.15) is 0 Å². The van der Waals surface area contributed by atoms with E-state index in [1.165, 1.54) is 16.8 Å². The van der Waals surface area contributed by atoms with Crippen LogP contribution in [0.4, 0.5) is 5.69 Å². The van der Waals surface area contributed by atoms with Gasteiger partial charge in [-0.25, -0.2) is 0 Å². The molecule has 0 N–H and O–H groups in total. The average molecular weight is 287 g/mol. The Balaban J connectivity index is 1.95. The van der Waals surface area contributed by atoms with Crippen LogP contribution in [-0.2, 0) is 10.2 Å². The van der Waals surface area contributed by atoms with Crippen LogP contribution in [0.15, 0.2) is 18.2 Å². The molecule has 21 heavy (non-hydrogen) atoms. The van der Waals surface area contributed by atoms with E-state index >= 15 is 0 Å². The van der Waals surface area contributed by atoms with Gasteiger partial charge in [-0.1, -0.05) is 46.8 Å². The molecular formula is C19H29NO. The molecule has 2 atom stereocenters. The lowest BCUT2D eigenvalue weighted by atomic mass is 9.85. The van der Waals surface area contributed by atoms with Crippen LogP contribution in [0.25, 0.3) is 0 Å². The molecule has 0 radical (unpaired) electrons. The first-order chi connectivity index (χ1) is 9.86. The molecule has 2 aliphatic rings. The summed E-state index contributed by atoms with van der Waals surface area (Å²) in [5.41, 5.74) is 4.61. The second-order valence-corrected chi connectivity index (χ2v) is 8.14. The van der Waals surface area contributed by atoms with Gasteiger partial charge >= 0.3 is 0 Å². The molecule has 0 bridgehead atoms. The van der Waals surface area contributed by atoms with Crippen LogP contribution in [0.1, 0.15) is 51.7 Å². The molecule has 1 aromatic carbocycles. The van der Waals surface area contributed by atoms with Crippen LogP contribution in [0.3, 0.4) is 0 Å². The number of nitrogens with zero attached hydrogens (tertiary/aromatic N) is 1. The Bertz CT molecular complexity index is 503. The topological polar surface area (TPSA) is 12.5 Å². The van der Waals surface area contributed by atoms with Crippen molar-refractivity contribution in [3.05, 3.63) is 29.3 Å². The second-order valence-electron chi connectivity index (χ2n) is 8.14. The van der Waals surface area contributed by atoms with E-state index in [-0.39, 0.29) is 5.41 Å². The zero-order valence-corrected chi connectivity index (χ0v) is 14.1. The van der Waals surface area contributed by atoms with E-state index in [9.17, 15) is 0 Å². The predicted molar refractivity (Wildman–Crippen MR) is 89.2 cm³/mol. The monoisotopic (exact) mass is 287 g/mol. The smallest absolute Gasteiger partial charge is 0.0515 e. The maximum atomic E-state index is 5.62. The molecule has 0 amide bonds. The van der Waals surface area contributed by atoms with E-state index in [1.54, 1.807) is 0 Å². The summed E-state index contributed by atoms with van der Waals surface area (Å²) in [5, 5.41) is 0. The van der Waals surface area contributed by atoms with Gasteiger partial charge in [0.25, 0.3) is 0 Å². The van der Waals surface area contributed by atoms with Crippen LogP contribution in [0, 0.1) is 11.8 Å². The van der Waals surface area contributed by atoms with Crippen LogP contribution in [0.2, 0.25) is 0 Å². The first-order valence-corrected chi connectivity index (χ1v) is 8.33. The molecule has 2 heteroatoms. The molecule has 1 aromatic rings. The van der Waals surface area contributed by atoms with E-state index < -0.39 is 0 Å². The van der Waals surface area contributed by atoms with Crippen molar-refractivity contribution in [1.82, 2.24) is 0 Å². The van der Waals surface area contributed by atoms with Crippen molar-refractivity contribution >= 4 is 5.69 Å². The van der Waals surface area contributed by atoms with E-state index in [0.29, 0.717) is 5.92 Å². The highest BCUT2D eigenvalue weighted by Gasteiger charge is 2.38. The summed E-state index contributed by atoms with van der Waals surface area (Å²) in [6.07, 6.45) is 0. The van der Waals surface area contributed by atoms with Crippen LogP contribution >= 0.6 is 0 Å². The van der Waals surface area contributed by atoms with Crippen molar-refractivity contribution in [3.63, 3.8) is 0 Å². The third-order valence-corrected chi connectivity index (χ3v) is 5.10. The van der Waals surface area contributed by atoms with Crippen molar-refractivity contribution < 1.29 is 4.74 Å². The summed E-state index contributed by atoms with van der Waals surface area (Å²) >= 11 is 0. The molecule has 0 saturated carbocycles. The fourth-order valence-corrected chi connectivity index (χ4v) is 3.66. The Labute approximate surface area is 129 Å². The van der Waals surface area contributed by atoms with Gasteiger partial charge in [0.15, 0.2) is 0 Å². The lowest BCUT2D eigenvalue weighted by Gasteiger charge is -2.28. The maximum absolute atomic E-state index is 5.62. The first kappa shape index (κ1) is 14.9. The molecule has 0 spiro atoms. The third-order valence-electron chi connectivity index (χ3n) is 5.10. The van der Waals surface area contributed by atoms with Gasteiger partial charge in [-0.2, -0.15) is 0 Å². The SMILES string of the molecule is CC(C)c1ccc(C(C)(C)C)cc1N1CC2COCC2C1. The minimum atomic E-state index is 0.211. The van der Waals surface area contributed by atoms with E-state index in [2.05, 4.69) is 57.7 Å². The highest BCUT2D eigenvalue weighted by Crippen LogP contribution is 2.38. The quantitative estimate of drug-likeness (QED) is 0.808. The molecule has 2 nitrogen and oxygen atoms in total. The predicted octanol–water partition coefficient (Wildman–Crippen LogP) is 4.19. The lowest BCUT2D eigenvalue weighted by Crippen LogP contribution is -2.24. The zero-order valence-electron chi connectivity index (χ0n) is 14.1.